The lowest BCUT2D eigenvalue weighted by molar-refractivity contribution is -0.117. The minimum absolute atomic E-state index is 0.0255. The maximum absolute atomic E-state index is 12.0. The van der Waals surface area contributed by atoms with Gasteiger partial charge in [0, 0.05) is 4.88 Å². The van der Waals surface area contributed by atoms with Crippen LogP contribution >= 0.6 is 23.1 Å². The predicted molar refractivity (Wildman–Crippen MR) is 104 cm³/mol. The van der Waals surface area contributed by atoms with E-state index < -0.39 is 11.9 Å². The number of hydrogen-bond donors (Lipinski definition) is 2. The van der Waals surface area contributed by atoms with Gasteiger partial charge in [-0.15, -0.1) is 16.4 Å². The fourth-order valence-electron chi connectivity index (χ4n) is 2.38. The van der Waals surface area contributed by atoms with E-state index in [1.165, 1.54) is 11.3 Å². The van der Waals surface area contributed by atoms with Crippen molar-refractivity contribution in [1.82, 2.24) is 30.8 Å². The van der Waals surface area contributed by atoms with E-state index in [1.807, 2.05) is 49.6 Å². The summed E-state index contributed by atoms with van der Waals surface area (Å²) in [5.41, 5.74) is 3.02. The van der Waals surface area contributed by atoms with Crippen molar-refractivity contribution in [2.75, 3.05) is 5.75 Å². The van der Waals surface area contributed by atoms with Crippen LogP contribution in [0.1, 0.15) is 16.0 Å². The Kier molecular flexibility index (Phi) is 6.20. The highest BCUT2D eigenvalue weighted by molar-refractivity contribution is 7.99. The summed E-state index contributed by atoms with van der Waals surface area (Å²) in [5, 5.41) is 19.0. The molecule has 0 atom stereocenters. The Morgan fingerprint density at radius 1 is 1.26 bits per heavy atom. The van der Waals surface area contributed by atoms with Crippen LogP contribution in [0.5, 0.6) is 0 Å². The number of hydrogen-bond acceptors (Lipinski definition) is 7. The molecule has 0 spiro atoms. The molecular weight excluding hydrogens is 384 g/mol. The number of nitrogens with one attached hydrogen (secondary N) is 2. The number of thioether (sulfide) groups is 1. The van der Waals surface area contributed by atoms with Crippen molar-refractivity contribution in [2.45, 2.75) is 25.5 Å². The van der Waals surface area contributed by atoms with Crippen molar-refractivity contribution >= 4 is 35.0 Å². The summed E-state index contributed by atoms with van der Waals surface area (Å²) >= 11 is 2.70. The zero-order chi connectivity index (χ0) is 19.2. The molecule has 0 unspecified atom stereocenters. The van der Waals surface area contributed by atoms with E-state index >= 15 is 0 Å². The van der Waals surface area contributed by atoms with Crippen LogP contribution in [0.4, 0.5) is 4.79 Å². The van der Waals surface area contributed by atoms with Gasteiger partial charge in [-0.2, -0.15) is 4.68 Å². The minimum atomic E-state index is -0.525. The molecule has 8 nitrogen and oxygen atoms in total. The van der Waals surface area contributed by atoms with Gasteiger partial charge in [0.15, 0.2) is 0 Å². The normalized spacial score (nSPS) is 10.6. The number of aryl methyl sites for hydroxylation is 2. The van der Waals surface area contributed by atoms with Gasteiger partial charge in [-0.3, -0.25) is 10.1 Å². The largest absolute Gasteiger partial charge is 0.333 e. The molecule has 2 N–H and O–H groups in total. The summed E-state index contributed by atoms with van der Waals surface area (Å²) in [6.45, 7) is 4.37. The van der Waals surface area contributed by atoms with Gasteiger partial charge in [0.25, 0.3) is 0 Å². The van der Waals surface area contributed by atoms with E-state index in [-0.39, 0.29) is 5.75 Å². The maximum Gasteiger partial charge on any atom is 0.321 e. The SMILES string of the molecule is Cc1ccc(-n2nnnc2SCC(=O)NC(=O)NCc2cccs2)c(C)c1. The first-order chi connectivity index (χ1) is 13.0. The van der Waals surface area contributed by atoms with Crippen molar-refractivity contribution in [1.29, 1.82) is 0 Å². The smallest absolute Gasteiger partial charge is 0.321 e. The quantitative estimate of drug-likeness (QED) is 0.614. The zero-order valence-corrected chi connectivity index (χ0v) is 16.4. The Morgan fingerprint density at radius 2 is 2.11 bits per heavy atom. The average molecular weight is 403 g/mol. The summed E-state index contributed by atoms with van der Waals surface area (Å²) in [5.74, 6) is -0.392. The second-order valence-corrected chi connectivity index (χ2v) is 7.74. The van der Waals surface area contributed by atoms with E-state index in [9.17, 15) is 9.59 Å². The highest BCUT2D eigenvalue weighted by Gasteiger charge is 2.14. The molecule has 10 heteroatoms. The zero-order valence-electron chi connectivity index (χ0n) is 14.8. The van der Waals surface area contributed by atoms with Gasteiger partial charge in [-0.25, -0.2) is 4.79 Å². The number of aromatic nitrogens is 4. The van der Waals surface area contributed by atoms with Crippen LogP contribution in [0.15, 0.2) is 40.9 Å². The third-order valence-corrected chi connectivity index (χ3v) is 5.41. The molecule has 3 amide bonds. The van der Waals surface area contributed by atoms with E-state index in [4.69, 9.17) is 0 Å². The lowest BCUT2D eigenvalue weighted by Crippen LogP contribution is -2.39. The number of imide groups is 1. The summed E-state index contributed by atoms with van der Waals surface area (Å²) in [6, 6.07) is 9.24. The van der Waals surface area contributed by atoms with E-state index in [0.717, 1.165) is 33.5 Å². The van der Waals surface area contributed by atoms with Crippen molar-refractivity contribution in [3.05, 3.63) is 51.7 Å². The Hall–Kier alpha value is -2.72. The van der Waals surface area contributed by atoms with E-state index in [2.05, 4.69) is 26.2 Å². The van der Waals surface area contributed by atoms with Crippen molar-refractivity contribution in [3.63, 3.8) is 0 Å². The minimum Gasteiger partial charge on any atom is -0.333 e. The molecule has 2 aromatic heterocycles. The third-order valence-electron chi connectivity index (χ3n) is 3.61. The molecule has 0 saturated carbocycles. The molecule has 140 valence electrons. The summed E-state index contributed by atoms with van der Waals surface area (Å²) in [6.07, 6.45) is 0. The molecular formula is C17H18N6O2S2. The molecule has 0 saturated heterocycles. The second kappa shape index (κ2) is 8.78. The summed E-state index contributed by atoms with van der Waals surface area (Å²) in [7, 11) is 0. The molecule has 3 aromatic rings. The first-order valence-corrected chi connectivity index (χ1v) is 9.98. The molecule has 2 heterocycles. The number of amides is 3. The van der Waals surface area contributed by atoms with Crippen molar-refractivity contribution < 1.29 is 9.59 Å². The van der Waals surface area contributed by atoms with E-state index in [0.29, 0.717) is 11.7 Å². The summed E-state index contributed by atoms with van der Waals surface area (Å²) in [4.78, 5) is 24.8. The number of rotatable bonds is 6. The Balaban J connectivity index is 1.53. The number of nitrogens with zero attached hydrogens (tertiary/aromatic N) is 4. The third kappa shape index (κ3) is 5.14. The monoisotopic (exact) mass is 402 g/mol. The molecule has 0 bridgehead atoms. The van der Waals surface area contributed by atoms with Crippen molar-refractivity contribution in [2.24, 2.45) is 0 Å². The van der Waals surface area contributed by atoms with Crippen LogP contribution in [-0.2, 0) is 11.3 Å². The van der Waals surface area contributed by atoms with Gasteiger partial charge in [-0.05, 0) is 47.4 Å². The van der Waals surface area contributed by atoms with Crippen LogP contribution < -0.4 is 10.6 Å². The number of carbonyl (C=O) groups is 2. The van der Waals surface area contributed by atoms with Gasteiger partial charge in [-0.1, -0.05) is 35.5 Å². The molecule has 3 rings (SSSR count). The molecule has 1 aromatic carbocycles. The maximum atomic E-state index is 12.0. The van der Waals surface area contributed by atoms with Gasteiger partial charge in [0.1, 0.15) is 0 Å². The topological polar surface area (TPSA) is 102 Å². The molecule has 0 fully saturated rings. The highest BCUT2D eigenvalue weighted by Crippen LogP contribution is 2.21. The van der Waals surface area contributed by atoms with Crippen LogP contribution in [0, 0.1) is 13.8 Å². The first-order valence-electron chi connectivity index (χ1n) is 8.12. The molecule has 0 aliphatic rings. The standard InChI is InChI=1S/C17H18N6O2S2/c1-11-5-6-14(12(2)8-11)23-17(20-21-22-23)27-10-15(24)19-16(25)18-9-13-4-3-7-26-13/h3-8H,9-10H2,1-2H3,(H2,18,19,24,25). The van der Waals surface area contributed by atoms with E-state index in [1.54, 1.807) is 4.68 Å². The molecule has 0 aliphatic heterocycles. The summed E-state index contributed by atoms with van der Waals surface area (Å²) < 4.78 is 1.59. The Bertz CT molecular complexity index is 939. The fourth-order valence-corrected chi connectivity index (χ4v) is 3.71. The number of carbonyl (C=O) groups excluding carboxylic acids is 2. The molecule has 0 radical (unpaired) electrons. The van der Waals surface area contributed by atoms with Crippen molar-refractivity contribution in [3.8, 4) is 5.69 Å². The highest BCUT2D eigenvalue weighted by atomic mass is 32.2. The van der Waals surface area contributed by atoms with Crippen LogP contribution in [0.3, 0.4) is 0 Å². The van der Waals surface area contributed by atoms with Gasteiger partial charge in [0.2, 0.25) is 11.1 Å². The van der Waals surface area contributed by atoms with Crippen LogP contribution in [0.2, 0.25) is 0 Å². The number of benzene rings is 1. The number of thiophene rings is 1. The first kappa shape index (κ1) is 19.1. The average Bonchev–Trinajstić information content (AvgIpc) is 3.30. The lowest BCUT2D eigenvalue weighted by atomic mass is 10.1. The van der Waals surface area contributed by atoms with Gasteiger partial charge in [0.05, 0.1) is 18.0 Å². The van der Waals surface area contributed by atoms with Crippen LogP contribution in [0.25, 0.3) is 5.69 Å². The molecule has 27 heavy (non-hydrogen) atoms. The van der Waals surface area contributed by atoms with Gasteiger partial charge < -0.3 is 5.32 Å². The van der Waals surface area contributed by atoms with Gasteiger partial charge >= 0.3 is 6.03 Å². The van der Waals surface area contributed by atoms with Crippen LogP contribution in [-0.4, -0.2) is 37.9 Å². The Labute approximate surface area is 164 Å². The number of tetrazole rings is 1. The molecule has 0 aliphatic carbocycles. The lowest BCUT2D eigenvalue weighted by Gasteiger charge is -2.08. The second-order valence-electron chi connectivity index (χ2n) is 5.76. The predicted octanol–water partition coefficient (Wildman–Crippen LogP) is 2.46. The fraction of sp³-hybridized carbons (Fsp3) is 0.235. The Morgan fingerprint density at radius 3 is 2.85 bits per heavy atom. The number of urea groups is 1.